The van der Waals surface area contributed by atoms with Crippen LogP contribution in [0.1, 0.15) is 26.7 Å². The van der Waals surface area contributed by atoms with Crippen LogP contribution >= 0.6 is 0 Å². The number of carboxylic acids is 1. The summed E-state index contributed by atoms with van der Waals surface area (Å²) in [6, 6.07) is 0. The summed E-state index contributed by atoms with van der Waals surface area (Å²) >= 11 is 0. The van der Waals surface area contributed by atoms with Crippen LogP contribution in [-0.2, 0) is 14.4 Å². The summed E-state index contributed by atoms with van der Waals surface area (Å²) < 4.78 is 0. The number of aliphatic carboxylic acids is 1. The highest BCUT2D eigenvalue weighted by molar-refractivity contribution is 5.89. The monoisotopic (exact) mass is 256 g/mol. The minimum atomic E-state index is -0.898. The predicted molar refractivity (Wildman–Crippen MR) is 64.7 cm³/mol. The Labute approximate surface area is 106 Å². The predicted octanol–water partition coefficient (Wildman–Crippen LogP) is -0.0144. The molecule has 102 valence electrons. The molecule has 6 nitrogen and oxygen atoms in total. The zero-order valence-corrected chi connectivity index (χ0v) is 10.7. The van der Waals surface area contributed by atoms with E-state index in [0.717, 1.165) is 0 Å². The highest BCUT2D eigenvalue weighted by Crippen LogP contribution is 2.12. The van der Waals surface area contributed by atoms with E-state index in [1.165, 1.54) is 0 Å². The van der Waals surface area contributed by atoms with Crippen molar-refractivity contribution in [1.82, 2.24) is 10.6 Å². The lowest BCUT2D eigenvalue weighted by molar-refractivity contribution is -0.142. The first-order valence-electron chi connectivity index (χ1n) is 6.17. The molecule has 0 aromatic rings. The van der Waals surface area contributed by atoms with E-state index in [9.17, 15) is 14.4 Å². The maximum atomic E-state index is 11.7. The summed E-state index contributed by atoms with van der Waals surface area (Å²) in [6.45, 7) is 4.35. The number of amides is 2. The van der Waals surface area contributed by atoms with Crippen molar-refractivity contribution in [1.29, 1.82) is 0 Å². The van der Waals surface area contributed by atoms with E-state index < -0.39 is 11.9 Å². The molecule has 0 aromatic carbocycles. The third-order valence-corrected chi connectivity index (χ3v) is 2.98. The van der Waals surface area contributed by atoms with E-state index in [4.69, 9.17) is 5.11 Å². The Balaban J connectivity index is 2.39. The molecule has 0 spiro atoms. The summed E-state index contributed by atoms with van der Waals surface area (Å²) in [5.74, 6) is -1.96. The Hall–Kier alpha value is -1.59. The van der Waals surface area contributed by atoms with Gasteiger partial charge < -0.3 is 15.7 Å². The molecular weight excluding hydrogens is 236 g/mol. The summed E-state index contributed by atoms with van der Waals surface area (Å²) in [5.41, 5.74) is 0. The number of carboxylic acid groups (broad SMARTS) is 1. The summed E-state index contributed by atoms with van der Waals surface area (Å²) in [7, 11) is 0. The molecule has 18 heavy (non-hydrogen) atoms. The van der Waals surface area contributed by atoms with Gasteiger partial charge in [0.2, 0.25) is 11.8 Å². The van der Waals surface area contributed by atoms with Gasteiger partial charge in [-0.2, -0.15) is 0 Å². The van der Waals surface area contributed by atoms with Gasteiger partial charge in [-0.3, -0.25) is 14.4 Å². The van der Waals surface area contributed by atoms with E-state index >= 15 is 0 Å². The lowest BCUT2D eigenvalue weighted by Crippen LogP contribution is -2.37. The number of rotatable bonds is 6. The van der Waals surface area contributed by atoms with Crippen LogP contribution in [0.15, 0.2) is 0 Å². The van der Waals surface area contributed by atoms with Crippen LogP contribution in [-0.4, -0.2) is 36.0 Å². The van der Waals surface area contributed by atoms with E-state index in [0.29, 0.717) is 13.0 Å². The van der Waals surface area contributed by atoms with Crippen molar-refractivity contribution >= 4 is 17.8 Å². The second-order valence-electron chi connectivity index (χ2n) is 5.11. The summed E-state index contributed by atoms with van der Waals surface area (Å²) in [4.78, 5) is 33.7. The number of nitrogens with one attached hydrogen (secondary N) is 2. The molecule has 2 unspecified atom stereocenters. The van der Waals surface area contributed by atoms with Crippen LogP contribution in [0.4, 0.5) is 0 Å². The van der Waals surface area contributed by atoms with Crippen molar-refractivity contribution in [3.63, 3.8) is 0 Å². The van der Waals surface area contributed by atoms with Gasteiger partial charge in [0.25, 0.3) is 0 Å². The number of hydrogen-bond acceptors (Lipinski definition) is 3. The Morgan fingerprint density at radius 1 is 1.50 bits per heavy atom. The molecule has 0 bridgehead atoms. The Kier molecular flexibility index (Phi) is 5.12. The molecule has 1 aliphatic heterocycles. The molecule has 0 aromatic heterocycles. The second kappa shape index (κ2) is 6.37. The second-order valence-corrected chi connectivity index (χ2v) is 5.11. The van der Waals surface area contributed by atoms with Crippen molar-refractivity contribution in [3.05, 3.63) is 0 Å². The van der Waals surface area contributed by atoms with Gasteiger partial charge in [-0.15, -0.1) is 0 Å². The quantitative estimate of drug-likeness (QED) is 0.622. The fourth-order valence-corrected chi connectivity index (χ4v) is 2.00. The van der Waals surface area contributed by atoms with Gasteiger partial charge in [0.05, 0.1) is 11.8 Å². The lowest BCUT2D eigenvalue weighted by Gasteiger charge is -2.16. The van der Waals surface area contributed by atoms with Gasteiger partial charge in [0.15, 0.2) is 0 Å². The zero-order chi connectivity index (χ0) is 13.7. The average molecular weight is 256 g/mol. The van der Waals surface area contributed by atoms with Gasteiger partial charge in [0, 0.05) is 19.5 Å². The van der Waals surface area contributed by atoms with Crippen molar-refractivity contribution in [2.45, 2.75) is 26.7 Å². The van der Waals surface area contributed by atoms with Crippen LogP contribution < -0.4 is 10.6 Å². The summed E-state index contributed by atoms with van der Waals surface area (Å²) in [5, 5.41) is 14.2. The minimum Gasteiger partial charge on any atom is -0.481 e. The highest BCUT2D eigenvalue weighted by atomic mass is 16.4. The normalized spacial score (nSPS) is 20.6. The number of hydrogen-bond donors (Lipinski definition) is 3. The fourth-order valence-electron chi connectivity index (χ4n) is 2.00. The molecule has 1 saturated heterocycles. The maximum Gasteiger partial charge on any atom is 0.308 e. The number of carbonyl (C=O) groups is 3. The maximum absolute atomic E-state index is 11.7. The molecule has 0 radical (unpaired) electrons. The molecule has 2 atom stereocenters. The molecule has 1 heterocycles. The molecule has 0 saturated carbocycles. The molecule has 3 N–H and O–H groups in total. The molecule has 2 amide bonds. The van der Waals surface area contributed by atoms with Crippen LogP contribution in [0.25, 0.3) is 0 Å². The third kappa shape index (κ3) is 4.35. The molecule has 6 heteroatoms. The van der Waals surface area contributed by atoms with Gasteiger partial charge in [-0.25, -0.2) is 0 Å². The fraction of sp³-hybridized carbons (Fsp3) is 0.750. The van der Waals surface area contributed by atoms with Crippen LogP contribution in [0.3, 0.4) is 0 Å². The van der Waals surface area contributed by atoms with Crippen molar-refractivity contribution in [2.75, 3.05) is 13.1 Å². The zero-order valence-electron chi connectivity index (χ0n) is 10.7. The minimum absolute atomic E-state index is 0.122. The van der Waals surface area contributed by atoms with E-state index in [1.54, 1.807) is 0 Å². The molecule has 0 aliphatic carbocycles. The summed E-state index contributed by atoms with van der Waals surface area (Å²) in [6.07, 6.45) is 0.714. The van der Waals surface area contributed by atoms with E-state index in [1.807, 2.05) is 13.8 Å². The number of carbonyl (C=O) groups excluding carboxylic acids is 2. The van der Waals surface area contributed by atoms with Gasteiger partial charge in [-0.05, 0) is 12.3 Å². The Morgan fingerprint density at radius 2 is 2.17 bits per heavy atom. The van der Waals surface area contributed by atoms with Crippen molar-refractivity contribution < 1.29 is 19.5 Å². The standard InChI is InChI=1S/C12H20N2O4/c1-7(2)3-9(12(17)18)6-14-11(16)8-4-10(15)13-5-8/h7-9H,3-6H2,1-2H3,(H,13,15)(H,14,16)(H,17,18). The van der Waals surface area contributed by atoms with E-state index in [2.05, 4.69) is 10.6 Å². The SMILES string of the molecule is CC(C)CC(CNC(=O)C1CNC(=O)C1)C(=O)O. The van der Waals surface area contributed by atoms with Crippen molar-refractivity contribution in [2.24, 2.45) is 17.8 Å². The highest BCUT2D eigenvalue weighted by Gasteiger charge is 2.29. The molecule has 1 fully saturated rings. The van der Waals surface area contributed by atoms with Crippen molar-refractivity contribution in [3.8, 4) is 0 Å². The first-order chi connectivity index (χ1) is 8.40. The topological polar surface area (TPSA) is 95.5 Å². The van der Waals surface area contributed by atoms with E-state index in [-0.39, 0.29) is 36.6 Å². The van der Waals surface area contributed by atoms with Gasteiger partial charge in [-0.1, -0.05) is 13.8 Å². The van der Waals surface area contributed by atoms with Crippen LogP contribution in [0.2, 0.25) is 0 Å². The third-order valence-electron chi connectivity index (χ3n) is 2.98. The first-order valence-corrected chi connectivity index (χ1v) is 6.17. The van der Waals surface area contributed by atoms with Crippen LogP contribution in [0.5, 0.6) is 0 Å². The first kappa shape index (κ1) is 14.5. The smallest absolute Gasteiger partial charge is 0.308 e. The van der Waals surface area contributed by atoms with Crippen LogP contribution in [0, 0.1) is 17.8 Å². The largest absolute Gasteiger partial charge is 0.481 e. The Morgan fingerprint density at radius 3 is 2.61 bits per heavy atom. The molecular formula is C12H20N2O4. The average Bonchev–Trinajstić information content (AvgIpc) is 2.69. The van der Waals surface area contributed by atoms with Gasteiger partial charge >= 0.3 is 5.97 Å². The van der Waals surface area contributed by atoms with Gasteiger partial charge in [0.1, 0.15) is 0 Å². The Bertz CT molecular complexity index is 341. The molecule has 1 aliphatic rings. The lowest BCUT2D eigenvalue weighted by atomic mass is 9.97. The molecule has 1 rings (SSSR count).